The van der Waals surface area contributed by atoms with E-state index in [1.807, 2.05) is 0 Å². The number of alkyl halides is 6. The van der Waals surface area contributed by atoms with Gasteiger partial charge in [-0.05, 0) is 84.3 Å². The fraction of sp³-hybridized carbons (Fsp3) is 0.364. The lowest BCUT2D eigenvalue weighted by molar-refractivity contribution is -0.186. The van der Waals surface area contributed by atoms with Gasteiger partial charge in [-0.25, -0.2) is 12.8 Å². The molecule has 3 atom stereocenters. The molecule has 1 aliphatic heterocycles. The molecule has 5 rings (SSSR count). The maximum Gasteiger partial charge on any atom is 0.471 e. The summed E-state index contributed by atoms with van der Waals surface area (Å²) in [7, 11) is -3.00. The van der Waals surface area contributed by atoms with E-state index in [1.54, 1.807) is 0 Å². The minimum Gasteiger partial charge on any atom is -0.481 e. The number of benzene rings is 3. The lowest BCUT2D eigenvalue weighted by atomic mass is 9.69. The van der Waals surface area contributed by atoms with E-state index in [0.29, 0.717) is 34.9 Å². The van der Waals surface area contributed by atoms with Crippen LogP contribution in [-0.2, 0) is 43.5 Å². The number of carbonyl (C=O) groups excluding carboxylic acids is 2. The summed E-state index contributed by atoms with van der Waals surface area (Å²) in [6, 6.07) is 11.5. The second-order valence-electron chi connectivity index (χ2n) is 12.2. The first-order chi connectivity index (χ1) is 23.3. The predicted molar refractivity (Wildman–Crippen MR) is 165 cm³/mol. The smallest absolute Gasteiger partial charge is 0.471 e. The molecule has 2 N–H and O–H groups in total. The molecule has 268 valence electrons. The van der Waals surface area contributed by atoms with E-state index in [2.05, 4.69) is 5.32 Å². The van der Waals surface area contributed by atoms with Crippen LogP contribution in [0.5, 0.6) is 0 Å². The first-order valence-corrected chi connectivity index (χ1v) is 16.7. The molecule has 0 bridgehead atoms. The van der Waals surface area contributed by atoms with Gasteiger partial charge in [0.05, 0.1) is 33.7 Å². The molecular formula is C33H30F7N3O6S. The molecule has 9 nitrogen and oxygen atoms in total. The van der Waals surface area contributed by atoms with Crippen molar-refractivity contribution in [1.82, 2.24) is 4.90 Å². The number of hydrogen-bond donors (Lipinski definition) is 2. The van der Waals surface area contributed by atoms with Gasteiger partial charge in [-0.2, -0.15) is 26.3 Å². The Morgan fingerprint density at radius 3 is 2.20 bits per heavy atom. The highest BCUT2D eigenvalue weighted by atomic mass is 32.2. The number of aliphatic carboxylic acids is 1. The Balaban J connectivity index is 1.33. The maximum absolute atomic E-state index is 14.4. The zero-order valence-electron chi connectivity index (χ0n) is 26.2. The number of carboxylic acids is 1. The van der Waals surface area contributed by atoms with Gasteiger partial charge in [-0.3, -0.25) is 18.7 Å². The summed E-state index contributed by atoms with van der Waals surface area (Å²) >= 11 is 0. The number of carbonyl (C=O) groups is 3. The van der Waals surface area contributed by atoms with E-state index in [9.17, 15) is 58.6 Å². The summed E-state index contributed by atoms with van der Waals surface area (Å²) in [5, 5.41) is 12.4. The Hall–Kier alpha value is -4.67. The largest absolute Gasteiger partial charge is 0.481 e. The Morgan fingerprint density at radius 1 is 0.920 bits per heavy atom. The molecule has 50 heavy (non-hydrogen) atoms. The molecular weight excluding hydrogens is 699 g/mol. The normalized spacial score (nSPS) is 19.8. The summed E-state index contributed by atoms with van der Waals surface area (Å²) in [6.07, 6.45) is -8.92. The Kier molecular flexibility index (Phi) is 9.93. The average molecular weight is 730 g/mol. The van der Waals surface area contributed by atoms with Gasteiger partial charge in [0.2, 0.25) is 5.91 Å². The van der Waals surface area contributed by atoms with Gasteiger partial charge in [0.1, 0.15) is 5.82 Å². The molecule has 1 heterocycles. The number of amides is 2. The molecule has 1 aliphatic carbocycles. The fourth-order valence-corrected chi connectivity index (χ4v) is 7.75. The number of nitrogens with one attached hydrogen (secondary N) is 1. The van der Waals surface area contributed by atoms with E-state index < -0.39 is 81.5 Å². The second-order valence-corrected chi connectivity index (χ2v) is 14.1. The van der Waals surface area contributed by atoms with Crippen LogP contribution in [0, 0.1) is 17.7 Å². The highest BCUT2D eigenvalue weighted by Gasteiger charge is 2.44. The summed E-state index contributed by atoms with van der Waals surface area (Å²) in [6.45, 7) is -0.587. The highest BCUT2D eigenvalue weighted by Crippen LogP contribution is 2.43. The van der Waals surface area contributed by atoms with Crippen LogP contribution >= 0.6 is 0 Å². The molecule has 3 aromatic carbocycles. The van der Waals surface area contributed by atoms with Gasteiger partial charge in [0.25, 0.3) is 10.0 Å². The number of hydrogen-bond acceptors (Lipinski definition) is 5. The number of nitrogens with zero attached hydrogens (tertiary/aromatic N) is 2. The van der Waals surface area contributed by atoms with Crippen molar-refractivity contribution in [3.05, 3.63) is 88.7 Å². The molecule has 0 radical (unpaired) electrons. The van der Waals surface area contributed by atoms with Crippen molar-refractivity contribution in [2.24, 2.45) is 11.8 Å². The molecule has 0 spiro atoms. The van der Waals surface area contributed by atoms with Gasteiger partial charge in [0, 0.05) is 20.1 Å². The first-order valence-electron chi connectivity index (χ1n) is 15.3. The molecule has 3 aromatic rings. The Bertz CT molecular complexity index is 1920. The lowest BCUT2D eigenvalue weighted by Gasteiger charge is -2.35. The Labute approximate surface area is 281 Å². The summed E-state index contributed by atoms with van der Waals surface area (Å²) < 4.78 is 120. The van der Waals surface area contributed by atoms with E-state index in [0.717, 1.165) is 10.4 Å². The van der Waals surface area contributed by atoms with Crippen LogP contribution in [-0.4, -0.2) is 56.0 Å². The predicted octanol–water partition coefficient (Wildman–Crippen LogP) is 6.34. The van der Waals surface area contributed by atoms with Crippen molar-refractivity contribution in [2.45, 2.75) is 55.4 Å². The number of anilines is 2. The monoisotopic (exact) mass is 729 g/mol. The van der Waals surface area contributed by atoms with Gasteiger partial charge >= 0.3 is 24.2 Å². The molecule has 0 saturated heterocycles. The minimum absolute atomic E-state index is 0.113. The van der Waals surface area contributed by atoms with Crippen LogP contribution in [0.25, 0.3) is 0 Å². The SMILES string of the molecule is CN(c1ccc([C@H]2CCC[C@@H](C(=O)Nc3ccc(C(F)(F)F)cc3F)[C@@H]2C(=O)O)cc1)S(=O)(=O)c1ccc2c(c1)CN(C(=O)C(F)(F)F)CC2. The van der Waals surface area contributed by atoms with Crippen LogP contribution in [0.3, 0.4) is 0 Å². The van der Waals surface area contributed by atoms with E-state index in [1.165, 1.54) is 49.5 Å². The van der Waals surface area contributed by atoms with Crippen molar-refractivity contribution >= 4 is 39.2 Å². The van der Waals surface area contributed by atoms with Crippen LogP contribution in [0.15, 0.2) is 65.6 Å². The van der Waals surface area contributed by atoms with Gasteiger partial charge in [-0.1, -0.05) is 24.6 Å². The lowest BCUT2D eigenvalue weighted by Crippen LogP contribution is -2.43. The number of sulfonamides is 1. The molecule has 2 amide bonds. The molecule has 2 aliphatic rings. The van der Waals surface area contributed by atoms with Crippen molar-refractivity contribution in [2.75, 3.05) is 23.2 Å². The first kappa shape index (κ1) is 36.6. The van der Waals surface area contributed by atoms with E-state index in [-0.39, 0.29) is 41.6 Å². The average Bonchev–Trinajstić information content (AvgIpc) is 3.06. The molecule has 1 fully saturated rings. The molecule has 17 heteroatoms. The van der Waals surface area contributed by atoms with Crippen LogP contribution < -0.4 is 9.62 Å². The zero-order chi connectivity index (χ0) is 36.8. The van der Waals surface area contributed by atoms with Crippen molar-refractivity contribution in [3.63, 3.8) is 0 Å². The third kappa shape index (κ3) is 7.41. The number of carboxylic acid groups (broad SMARTS) is 1. The van der Waals surface area contributed by atoms with Crippen LogP contribution in [0.2, 0.25) is 0 Å². The number of rotatable bonds is 7. The minimum atomic E-state index is -5.07. The van der Waals surface area contributed by atoms with Gasteiger partial charge < -0.3 is 15.3 Å². The third-order valence-electron chi connectivity index (χ3n) is 9.14. The van der Waals surface area contributed by atoms with Crippen LogP contribution in [0.1, 0.15) is 47.4 Å². The topological polar surface area (TPSA) is 124 Å². The summed E-state index contributed by atoms with van der Waals surface area (Å²) in [5.41, 5.74) is -0.292. The standard InChI is InChI=1S/C33H30F7N3O6S/c1-42(50(48,49)23-11-7-18-13-14-43(17-20(18)15-23)31(47)33(38,39)40)22-9-5-19(6-10-22)24-3-2-4-25(28(24)30(45)46)29(44)41-27-12-8-21(16-26(27)34)32(35,36)37/h5-12,15-16,24-25,28H,2-4,13-14,17H2,1H3,(H,41,44)(H,45,46)/t24-,25-,28-/m1/s1. The van der Waals surface area contributed by atoms with Gasteiger partial charge in [-0.15, -0.1) is 0 Å². The van der Waals surface area contributed by atoms with Crippen molar-refractivity contribution in [3.8, 4) is 0 Å². The third-order valence-corrected chi connectivity index (χ3v) is 10.9. The van der Waals surface area contributed by atoms with Gasteiger partial charge in [0.15, 0.2) is 0 Å². The number of halogens is 7. The molecule has 0 unspecified atom stereocenters. The van der Waals surface area contributed by atoms with Crippen molar-refractivity contribution in [1.29, 1.82) is 0 Å². The molecule has 1 saturated carbocycles. The highest BCUT2D eigenvalue weighted by molar-refractivity contribution is 7.92. The van der Waals surface area contributed by atoms with Crippen LogP contribution in [0.4, 0.5) is 42.1 Å². The fourth-order valence-electron chi connectivity index (χ4n) is 6.50. The maximum atomic E-state index is 14.4. The second kappa shape index (κ2) is 13.6. The Morgan fingerprint density at radius 2 is 1.60 bits per heavy atom. The summed E-state index contributed by atoms with van der Waals surface area (Å²) in [5.74, 6) is -8.75. The van der Waals surface area contributed by atoms with E-state index >= 15 is 0 Å². The number of fused-ring (bicyclic) bond motifs is 1. The zero-order valence-corrected chi connectivity index (χ0v) is 27.0. The van der Waals surface area contributed by atoms with Crippen molar-refractivity contribution < 1.29 is 58.6 Å². The summed E-state index contributed by atoms with van der Waals surface area (Å²) in [4.78, 5) is 37.8. The quantitative estimate of drug-likeness (QED) is 0.274. The molecule has 0 aromatic heterocycles. The van der Waals surface area contributed by atoms with E-state index in [4.69, 9.17) is 0 Å².